The van der Waals surface area contributed by atoms with Crippen LogP contribution in [0.25, 0.3) is 0 Å². The van der Waals surface area contributed by atoms with Gasteiger partial charge in [0.05, 0.1) is 7.11 Å². The van der Waals surface area contributed by atoms with Crippen LogP contribution in [0.4, 0.5) is 8.78 Å². The van der Waals surface area contributed by atoms with Crippen LogP contribution in [-0.4, -0.2) is 38.2 Å². The molecule has 0 heterocycles. The van der Waals surface area contributed by atoms with Gasteiger partial charge in [-0.2, -0.15) is 0 Å². The quantitative estimate of drug-likeness (QED) is 0.845. The molecule has 0 amide bonds. The Morgan fingerprint density at radius 1 is 1.33 bits per heavy atom. The van der Waals surface area contributed by atoms with Gasteiger partial charge in [-0.05, 0) is 32.0 Å². The molecule has 0 saturated carbocycles. The average molecular weight is 258 g/mol. The molecular weight excluding hydrogens is 238 g/mol. The van der Waals surface area contributed by atoms with Gasteiger partial charge in [0, 0.05) is 25.2 Å². The van der Waals surface area contributed by atoms with Gasteiger partial charge in [-0.3, -0.25) is 0 Å². The molecule has 1 aromatic carbocycles. The largest absolute Gasteiger partial charge is 0.494 e. The first-order valence-electron chi connectivity index (χ1n) is 5.90. The Bertz CT molecular complexity index is 397. The summed E-state index contributed by atoms with van der Waals surface area (Å²) in [5.41, 5.74) is 6.01. The van der Waals surface area contributed by atoms with Crippen LogP contribution >= 0.6 is 0 Å². The highest BCUT2D eigenvalue weighted by atomic mass is 19.1. The summed E-state index contributed by atoms with van der Waals surface area (Å²) in [6, 6.07) is 2.33. The molecule has 1 aromatic rings. The summed E-state index contributed by atoms with van der Waals surface area (Å²) in [6.45, 7) is 3.26. The van der Waals surface area contributed by atoms with E-state index in [1.165, 1.54) is 13.2 Å². The van der Waals surface area contributed by atoms with Crippen molar-refractivity contribution in [2.24, 2.45) is 5.73 Å². The average Bonchev–Trinajstić information content (AvgIpc) is 2.28. The van der Waals surface area contributed by atoms with Gasteiger partial charge in [0.1, 0.15) is 5.82 Å². The number of methoxy groups -OCH3 is 1. The van der Waals surface area contributed by atoms with Crippen molar-refractivity contribution < 1.29 is 13.5 Å². The lowest BCUT2D eigenvalue weighted by Crippen LogP contribution is -2.34. The minimum absolute atomic E-state index is 0.0625. The summed E-state index contributed by atoms with van der Waals surface area (Å²) >= 11 is 0. The van der Waals surface area contributed by atoms with Crippen molar-refractivity contribution in [1.82, 2.24) is 4.90 Å². The molecule has 0 aromatic heterocycles. The van der Waals surface area contributed by atoms with Gasteiger partial charge in [0.25, 0.3) is 0 Å². The normalized spacial score (nSPS) is 12.8. The Kier molecular flexibility index (Phi) is 5.50. The molecule has 2 N–H and O–H groups in total. The third-order valence-corrected chi connectivity index (χ3v) is 2.68. The number of benzene rings is 1. The maximum Gasteiger partial charge on any atom is 0.165 e. The second-order valence-electron chi connectivity index (χ2n) is 4.57. The van der Waals surface area contributed by atoms with Crippen LogP contribution in [0.5, 0.6) is 5.75 Å². The Hall–Kier alpha value is -1.20. The highest BCUT2D eigenvalue weighted by Gasteiger charge is 2.11. The first-order valence-corrected chi connectivity index (χ1v) is 5.90. The van der Waals surface area contributed by atoms with Crippen LogP contribution in [0.1, 0.15) is 12.5 Å². The van der Waals surface area contributed by atoms with Crippen molar-refractivity contribution in [3.05, 3.63) is 29.3 Å². The zero-order chi connectivity index (χ0) is 13.7. The Balaban J connectivity index is 2.65. The maximum atomic E-state index is 13.6. The van der Waals surface area contributed by atoms with Gasteiger partial charge in [0.15, 0.2) is 11.6 Å². The Morgan fingerprint density at radius 2 is 2.00 bits per heavy atom. The zero-order valence-corrected chi connectivity index (χ0v) is 11.0. The number of nitrogens with zero attached hydrogens (tertiary/aromatic N) is 1. The van der Waals surface area contributed by atoms with Crippen molar-refractivity contribution in [3.8, 4) is 5.75 Å². The third-order valence-electron chi connectivity index (χ3n) is 2.68. The highest BCUT2D eigenvalue weighted by Crippen LogP contribution is 2.21. The molecular formula is C13H20F2N2O. The number of rotatable bonds is 6. The Morgan fingerprint density at radius 3 is 2.56 bits per heavy atom. The van der Waals surface area contributed by atoms with Crippen molar-refractivity contribution in [2.45, 2.75) is 19.4 Å². The van der Waals surface area contributed by atoms with E-state index >= 15 is 0 Å². The number of hydrogen-bond donors (Lipinski definition) is 1. The predicted octanol–water partition coefficient (Wildman–Crippen LogP) is 1.79. The molecule has 0 aliphatic heterocycles. The summed E-state index contributed by atoms with van der Waals surface area (Å²) in [5.74, 6) is -1.05. The number of halogens is 2. The summed E-state index contributed by atoms with van der Waals surface area (Å²) in [5, 5.41) is 0. The zero-order valence-electron chi connectivity index (χ0n) is 11.0. The van der Waals surface area contributed by atoms with E-state index in [4.69, 9.17) is 10.5 Å². The van der Waals surface area contributed by atoms with Gasteiger partial charge in [-0.1, -0.05) is 0 Å². The lowest BCUT2D eigenvalue weighted by atomic mass is 10.1. The van der Waals surface area contributed by atoms with Crippen LogP contribution < -0.4 is 10.5 Å². The van der Waals surface area contributed by atoms with Crippen molar-refractivity contribution in [1.29, 1.82) is 0 Å². The van der Waals surface area contributed by atoms with E-state index in [0.29, 0.717) is 18.5 Å². The molecule has 3 nitrogen and oxygen atoms in total. The van der Waals surface area contributed by atoms with Crippen LogP contribution in [0.15, 0.2) is 12.1 Å². The lowest BCUT2D eigenvalue weighted by Gasteiger charge is -2.19. The van der Waals surface area contributed by atoms with Crippen molar-refractivity contribution >= 4 is 0 Å². The summed E-state index contributed by atoms with van der Waals surface area (Å²) < 4.78 is 31.8. The first-order chi connectivity index (χ1) is 8.43. The molecule has 1 unspecified atom stereocenters. The maximum absolute atomic E-state index is 13.6. The van der Waals surface area contributed by atoms with Gasteiger partial charge in [-0.25, -0.2) is 8.78 Å². The van der Waals surface area contributed by atoms with Crippen molar-refractivity contribution in [2.75, 3.05) is 27.2 Å². The van der Waals surface area contributed by atoms with E-state index in [1.54, 1.807) is 0 Å². The first kappa shape index (κ1) is 14.9. The van der Waals surface area contributed by atoms with E-state index in [2.05, 4.69) is 0 Å². The summed E-state index contributed by atoms with van der Waals surface area (Å²) in [4.78, 5) is 1.99. The third kappa shape index (κ3) is 4.23. The smallest absolute Gasteiger partial charge is 0.165 e. The minimum Gasteiger partial charge on any atom is -0.494 e. The molecule has 0 spiro atoms. The summed E-state index contributed by atoms with van der Waals surface area (Å²) in [7, 11) is 3.22. The molecule has 0 aliphatic carbocycles. The van der Waals surface area contributed by atoms with Crippen LogP contribution in [0.2, 0.25) is 0 Å². The van der Waals surface area contributed by atoms with Gasteiger partial charge in [0.2, 0.25) is 0 Å². The molecule has 0 bridgehead atoms. The predicted molar refractivity (Wildman–Crippen MR) is 67.8 cm³/mol. The van der Waals surface area contributed by atoms with E-state index in [-0.39, 0.29) is 11.8 Å². The number of nitrogens with two attached hydrogens (primary N) is 1. The standard InChI is InChI=1S/C13H20F2N2O/c1-9(16)8-17(2)5-4-10-6-12(15)13(18-3)7-11(10)14/h6-7,9H,4-5,8,16H2,1-3H3. The SMILES string of the molecule is COc1cc(F)c(CCN(C)CC(C)N)cc1F. The van der Waals surface area contributed by atoms with Gasteiger partial charge >= 0.3 is 0 Å². The fourth-order valence-electron chi connectivity index (χ4n) is 1.81. The van der Waals surface area contributed by atoms with E-state index in [9.17, 15) is 8.78 Å². The highest BCUT2D eigenvalue weighted by molar-refractivity contribution is 5.31. The van der Waals surface area contributed by atoms with Crippen LogP contribution in [0, 0.1) is 11.6 Å². The second-order valence-corrected chi connectivity index (χ2v) is 4.57. The number of ether oxygens (including phenoxy) is 1. The molecule has 0 saturated heterocycles. The molecule has 0 fully saturated rings. The molecule has 0 radical (unpaired) electrons. The number of hydrogen-bond acceptors (Lipinski definition) is 3. The van der Waals surface area contributed by atoms with Gasteiger partial charge in [-0.15, -0.1) is 0 Å². The van der Waals surface area contributed by atoms with E-state index < -0.39 is 11.6 Å². The van der Waals surface area contributed by atoms with E-state index in [0.717, 1.165) is 12.6 Å². The lowest BCUT2D eigenvalue weighted by molar-refractivity contribution is 0.319. The molecule has 18 heavy (non-hydrogen) atoms. The van der Waals surface area contributed by atoms with Gasteiger partial charge < -0.3 is 15.4 Å². The fraction of sp³-hybridized carbons (Fsp3) is 0.538. The monoisotopic (exact) mass is 258 g/mol. The molecule has 1 rings (SSSR count). The topological polar surface area (TPSA) is 38.5 Å². The summed E-state index contributed by atoms with van der Waals surface area (Å²) in [6.07, 6.45) is 0.440. The minimum atomic E-state index is -0.538. The fourth-order valence-corrected chi connectivity index (χ4v) is 1.81. The van der Waals surface area contributed by atoms with E-state index in [1.807, 2.05) is 18.9 Å². The van der Waals surface area contributed by atoms with Crippen LogP contribution in [-0.2, 0) is 6.42 Å². The molecule has 1 atom stereocenters. The molecule has 5 heteroatoms. The molecule has 0 aliphatic rings. The second kappa shape index (κ2) is 6.66. The Labute approximate surface area is 107 Å². The van der Waals surface area contributed by atoms with Crippen LogP contribution in [0.3, 0.4) is 0 Å². The van der Waals surface area contributed by atoms with Crippen molar-refractivity contribution in [3.63, 3.8) is 0 Å². The molecule has 102 valence electrons. The number of likely N-dealkylation sites (N-methyl/N-ethyl adjacent to an activating group) is 1.